The third-order valence-corrected chi connectivity index (χ3v) is 7.54. The number of carbonyl (C=O) groups excluding carboxylic acids is 3. The maximum absolute atomic E-state index is 14.0. The van der Waals surface area contributed by atoms with Crippen LogP contribution in [0, 0.1) is 0 Å². The number of hydrogen-bond donors (Lipinski definition) is 1. The van der Waals surface area contributed by atoms with Gasteiger partial charge in [0, 0.05) is 35.1 Å². The predicted octanol–water partition coefficient (Wildman–Crippen LogP) is 3.85. The molecule has 192 valence electrons. The van der Waals surface area contributed by atoms with Gasteiger partial charge < -0.3 is 24.3 Å². The highest BCUT2D eigenvalue weighted by atomic mass is 16.5. The van der Waals surface area contributed by atoms with Gasteiger partial charge in [0.2, 0.25) is 11.8 Å². The Morgan fingerprint density at radius 3 is 2.47 bits per heavy atom. The van der Waals surface area contributed by atoms with Crippen molar-refractivity contribution in [2.24, 2.45) is 0 Å². The van der Waals surface area contributed by atoms with Crippen LogP contribution in [-0.2, 0) is 27.3 Å². The summed E-state index contributed by atoms with van der Waals surface area (Å²) in [5, 5.41) is 1.04. The lowest BCUT2D eigenvalue weighted by molar-refractivity contribution is -0.159. The molecule has 6 rings (SSSR count). The second kappa shape index (κ2) is 9.37. The summed E-state index contributed by atoms with van der Waals surface area (Å²) >= 11 is 0. The number of nitrogens with one attached hydrogen (secondary N) is 1. The zero-order chi connectivity index (χ0) is 26.4. The molecule has 2 aliphatic rings. The van der Waals surface area contributed by atoms with Gasteiger partial charge in [-0.2, -0.15) is 0 Å². The molecule has 0 spiro atoms. The minimum absolute atomic E-state index is 0.0281. The number of fused-ring (bicyclic) bond motifs is 4. The molecule has 2 atom stereocenters. The summed E-state index contributed by atoms with van der Waals surface area (Å²) in [5.41, 5.74) is 4.97. The van der Waals surface area contributed by atoms with Crippen LogP contribution in [0.25, 0.3) is 10.9 Å². The average Bonchev–Trinajstić information content (AvgIpc) is 3.33. The molecule has 1 unspecified atom stereocenters. The standard InChI is InChI=1S/C30H27N3O5/c1-37-25-10-6-3-7-20(25)16-32-17-26(34)33-24(29(32)35)15-22-21-8-4-5-9-23(21)31-27(22)28(33)18-11-13-19(14-12-18)30(36)38-2/h3-14,24,28,31H,15-17H2,1-2H3/t24-,28?/m1/s1. The van der Waals surface area contributed by atoms with Gasteiger partial charge in [-0.05, 0) is 35.4 Å². The molecular weight excluding hydrogens is 482 g/mol. The largest absolute Gasteiger partial charge is 0.496 e. The van der Waals surface area contributed by atoms with Crippen molar-refractivity contribution < 1.29 is 23.9 Å². The molecule has 1 N–H and O–H groups in total. The first-order valence-electron chi connectivity index (χ1n) is 12.5. The first-order valence-corrected chi connectivity index (χ1v) is 12.5. The summed E-state index contributed by atoms with van der Waals surface area (Å²) in [7, 11) is 2.94. The van der Waals surface area contributed by atoms with E-state index in [9.17, 15) is 14.4 Å². The normalized spacial score (nSPS) is 18.8. The summed E-state index contributed by atoms with van der Waals surface area (Å²) < 4.78 is 10.3. The molecule has 0 radical (unpaired) electrons. The Hall–Kier alpha value is -4.59. The van der Waals surface area contributed by atoms with Crippen molar-refractivity contribution in [1.29, 1.82) is 0 Å². The summed E-state index contributed by atoms with van der Waals surface area (Å²) in [6, 6.07) is 21.4. The lowest BCUT2D eigenvalue weighted by atomic mass is 9.86. The number of esters is 1. The van der Waals surface area contributed by atoms with E-state index in [0.717, 1.165) is 33.3 Å². The van der Waals surface area contributed by atoms with Crippen LogP contribution in [0.4, 0.5) is 0 Å². The molecule has 0 bridgehead atoms. The van der Waals surface area contributed by atoms with Gasteiger partial charge in [-0.25, -0.2) is 4.79 Å². The Morgan fingerprint density at radius 1 is 0.974 bits per heavy atom. The van der Waals surface area contributed by atoms with Crippen LogP contribution in [0.5, 0.6) is 5.75 Å². The van der Waals surface area contributed by atoms with Crippen molar-refractivity contribution in [3.05, 3.63) is 101 Å². The van der Waals surface area contributed by atoms with Crippen molar-refractivity contribution in [3.8, 4) is 5.75 Å². The zero-order valence-corrected chi connectivity index (χ0v) is 21.1. The van der Waals surface area contributed by atoms with Gasteiger partial charge in [0.25, 0.3) is 0 Å². The number of rotatable bonds is 5. The van der Waals surface area contributed by atoms with Crippen LogP contribution >= 0.6 is 0 Å². The van der Waals surface area contributed by atoms with Crippen LogP contribution in [0.2, 0.25) is 0 Å². The monoisotopic (exact) mass is 509 g/mol. The smallest absolute Gasteiger partial charge is 0.337 e. The maximum atomic E-state index is 14.0. The Morgan fingerprint density at radius 2 is 1.71 bits per heavy atom. The molecule has 0 saturated carbocycles. The molecule has 1 aromatic heterocycles. The summed E-state index contributed by atoms with van der Waals surface area (Å²) in [6.45, 7) is 0.262. The van der Waals surface area contributed by atoms with E-state index in [1.54, 1.807) is 29.0 Å². The third kappa shape index (κ3) is 3.80. The Balaban J connectivity index is 1.43. The second-order valence-electron chi connectivity index (χ2n) is 9.61. The van der Waals surface area contributed by atoms with E-state index >= 15 is 0 Å². The number of aromatic nitrogens is 1. The number of aromatic amines is 1. The number of methoxy groups -OCH3 is 2. The number of carbonyl (C=O) groups is 3. The van der Waals surface area contributed by atoms with E-state index in [1.165, 1.54) is 7.11 Å². The molecule has 3 aromatic carbocycles. The Bertz CT molecular complexity index is 1560. The minimum atomic E-state index is -0.650. The van der Waals surface area contributed by atoms with E-state index in [0.29, 0.717) is 17.7 Å². The molecule has 0 aliphatic carbocycles. The summed E-state index contributed by atoms with van der Waals surface area (Å²) in [4.78, 5) is 46.6. The molecule has 1 fully saturated rings. The van der Waals surface area contributed by atoms with Gasteiger partial charge in [0.15, 0.2) is 0 Å². The Labute approximate surface area is 219 Å². The van der Waals surface area contributed by atoms with Gasteiger partial charge in [-0.1, -0.05) is 48.5 Å². The van der Waals surface area contributed by atoms with Crippen molar-refractivity contribution in [2.75, 3.05) is 20.8 Å². The highest BCUT2D eigenvalue weighted by Crippen LogP contribution is 2.42. The van der Waals surface area contributed by atoms with Crippen molar-refractivity contribution in [3.63, 3.8) is 0 Å². The molecule has 8 nitrogen and oxygen atoms in total. The fourth-order valence-electron chi connectivity index (χ4n) is 5.76. The molecule has 4 aromatic rings. The molecule has 2 amide bonds. The molecule has 8 heteroatoms. The average molecular weight is 510 g/mol. The van der Waals surface area contributed by atoms with Gasteiger partial charge in [0.1, 0.15) is 18.3 Å². The summed E-state index contributed by atoms with van der Waals surface area (Å²) in [5.74, 6) is 0.0281. The van der Waals surface area contributed by atoms with Gasteiger partial charge in [-0.3, -0.25) is 9.59 Å². The zero-order valence-electron chi connectivity index (χ0n) is 21.1. The number of para-hydroxylation sites is 2. The van der Waals surface area contributed by atoms with Crippen LogP contribution in [0.3, 0.4) is 0 Å². The highest BCUT2D eigenvalue weighted by molar-refractivity contribution is 5.97. The highest BCUT2D eigenvalue weighted by Gasteiger charge is 2.48. The SMILES string of the molecule is COC(=O)c1ccc(C2c3[nH]c4ccccc4c3C[C@@H]3C(=O)N(Cc4ccccc4OC)CC(=O)N23)cc1. The summed E-state index contributed by atoms with van der Waals surface area (Å²) in [6.07, 6.45) is 0.420. The fourth-order valence-corrected chi connectivity index (χ4v) is 5.76. The minimum Gasteiger partial charge on any atom is -0.496 e. The van der Waals surface area contributed by atoms with Crippen LogP contribution in [-0.4, -0.2) is 59.4 Å². The molecule has 1 saturated heterocycles. The van der Waals surface area contributed by atoms with Crippen molar-refractivity contribution >= 4 is 28.7 Å². The number of benzene rings is 3. The maximum Gasteiger partial charge on any atom is 0.337 e. The van der Waals surface area contributed by atoms with Gasteiger partial charge in [0.05, 0.1) is 25.8 Å². The van der Waals surface area contributed by atoms with Gasteiger partial charge >= 0.3 is 5.97 Å². The topological polar surface area (TPSA) is 91.9 Å². The van der Waals surface area contributed by atoms with Gasteiger partial charge in [-0.15, -0.1) is 0 Å². The quantitative estimate of drug-likeness (QED) is 0.413. The third-order valence-electron chi connectivity index (χ3n) is 7.54. The second-order valence-corrected chi connectivity index (χ2v) is 9.61. The lowest BCUT2D eigenvalue weighted by Gasteiger charge is -2.47. The van der Waals surface area contributed by atoms with E-state index in [-0.39, 0.29) is 24.9 Å². The molecule has 3 heterocycles. The van der Waals surface area contributed by atoms with Crippen molar-refractivity contribution in [1.82, 2.24) is 14.8 Å². The van der Waals surface area contributed by atoms with Crippen LogP contribution in [0.1, 0.15) is 38.8 Å². The fraction of sp³-hybridized carbons (Fsp3) is 0.233. The lowest BCUT2D eigenvalue weighted by Crippen LogP contribution is -2.62. The Kier molecular flexibility index (Phi) is 5.87. The van der Waals surface area contributed by atoms with E-state index < -0.39 is 18.1 Å². The van der Waals surface area contributed by atoms with Crippen LogP contribution < -0.4 is 4.74 Å². The number of amides is 2. The first kappa shape index (κ1) is 23.8. The number of piperazine rings is 1. The molecule has 38 heavy (non-hydrogen) atoms. The predicted molar refractivity (Wildman–Crippen MR) is 141 cm³/mol. The van der Waals surface area contributed by atoms with E-state index in [2.05, 4.69) is 4.98 Å². The van der Waals surface area contributed by atoms with E-state index in [4.69, 9.17) is 9.47 Å². The molecular formula is C30H27N3O5. The van der Waals surface area contributed by atoms with Crippen LogP contribution in [0.15, 0.2) is 72.8 Å². The van der Waals surface area contributed by atoms with E-state index in [1.807, 2.05) is 60.7 Å². The number of hydrogen-bond acceptors (Lipinski definition) is 5. The number of ether oxygens (including phenoxy) is 2. The first-order chi connectivity index (χ1) is 18.5. The number of H-pyrrole nitrogens is 1. The molecule has 2 aliphatic heterocycles. The number of nitrogens with zero attached hydrogens (tertiary/aromatic N) is 2. The van der Waals surface area contributed by atoms with Crippen molar-refractivity contribution in [2.45, 2.75) is 25.0 Å².